The largest absolute Gasteiger partial charge is 0.493 e. The number of hydrogen-bond acceptors (Lipinski definition) is 8. The van der Waals surface area contributed by atoms with E-state index in [1.807, 2.05) is 0 Å². The number of rotatable bonds is 11. The molecule has 11 heteroatoms. The summed E-state index contributed by atoms with van der Waals surface area (Å²) < 4.78 is 31.5. The van der Waals surface area contributed by atoms with Gasteiger partial charge in [0.1, 0.15) is 30.9 Å². The Hall–Kier alpha value is -3.80. The van der Waals surface area contributed by atoms with Crippen LogP contribution in [-0.4, -0.2) is 84.9 Å². The lowest BCUT2D eigenvalue weighted by atomic mass is 9.77. The van der Waals surface area contributed by atoms with Crippen LogP contribution in [0.5, 0.6) is 11.5 Å². The number of amides is 2. The van der Waals surface area contributed by atoms with Crippen LogP contribution in [0.4, 0.5) is 4.39 Å². The van der Waals surface area contributed by atoms with Gasteiger partial charge >= 0.3 is 0 Å². The van der Waals surface area contributed by atoms with Crippen LogP contribution < -0.4 is 14.8 Å². The summed E-state index contributed by atoms with van der Waals surface area (Å²) in [6.07, 6.45) is -0.292. The average Bonchev–Trinajstić information content (AvgIpc) is 3.34. The molecule has 0 saturated heterocycles. The van der Waals surface area contributed by atoms with Gasteiger partial charge in [0.05, 0.1) is 25.7 Å². The van der Waals surface area contributed by atoms with Gasteiger partial charge in [-0.3, -0.25) is 14.4 Å². The van der Waals surface area contributed by atoms with E-state index in [9.17, 15) is 29.0 Å². The number of halogens is 1. The van der Waals surface area contributed by atoms with E-state index in [1.165, 1.54) is 42.4 Å². The Kier molecular flexibility index (Phi) is 8.95. The Bertz CT molecular complexity index is 1270. The Morgan fingerprint density at radius 2 is 2.03 bits per heavy atom. The fraction of sp³-hybridized carbons (Fsp3) is 0.393. The number of aliphatic hydroxyl groups excluding tert-OH is 2. The molecular weight excluding hydrogens is 511 g/mol. The first-order valence-electron chi connectivity index (χ1n) is 12.6. The van der Waals surface area contributed by atoms with Gasteiger partial charge in [0.15, 0.2) is 11.5 Å². The van der Waals surface area contributed by atoms with Crippen LogP contribution in [-0.2, 0) is 20.9 Å². The number of methoxy groups -OCH3 is 1. The molecule has 1 aliphatic heterocycles. The second-order valence-corrected chi connectivity index (χ2v) is 9.15. The smallest absolute Gasteiger partial charge is 0.249 e. The molecule has 10 nitrogen and oxygen atoms in total. The van der Waals surface area contributed by atoms with E-state index in [0.717, 1.165) is 0 Å². The number of fused-ring (bicyclic) bond motifs is 3. The van der Waals surface area contributed by atoms with E-state index >= 15 is 0 Å². The molecule has 0 spiro atoms. The van der Waals surface area contributed by atoms with Gasteiger partial charge in [0, 0.05) is 42.0 Å². The molecule has 0 fully saturated rings. The molecular formula is C28H31FN2O8. The van der Waals surface area contributed by atoms with Gasteiger partial charge in [0.25, 0.3) is 0 Å². The third-order valence-corrected chi connectivity index (χ3v) is 6.82. The summed E-state index contributed by atoms with van der Waals surface area (Å²) in [4.78, 5) is 39.5. The predicted octanol–water partition coefficient (Wildman–Crippen LogP) is 1.33. The maximum absolute atomic E-state index is 14.6. The number of ether oxygens (including phenoxy) is 3. The minimum absolute atomic E-state index is 0.0333. The zero-order chi connectivity index (χ0) is 28.1. The number of carbonyl (C=O) groups is 3. The second kappa shape index (κ2) is 12.4. The summed E-state index contributed by atoms with van der Waals surface area (Å²) in [5.74, 6) is -1.90. The summed E-state index contributed by atoms with van der Waals surface area (Å²) in [6, 6.07) is 7.91. The first-order chi connectivity index (χ1) is 18.8. The van der Waals surface area contributed by atoms with Gasteiger partial charge in [-0.05, 0) is 31.2 Å². The Morgan fingerprint density at radius 1 is 1.26 bits per heavy atom. The van der Waals surface area contributed by atoms with E-state index in [4.69, 9.17) is 14.2 Å². The molecule has 2 aromatic carbocycles. The van der Waals surface area contributed by atoms with E-state index in [-0.39, 0.29) is 61.1 Å². The highest BCUT2D eigenvalue weighted by molar-refractivity contribution is 5.96. The SMILES string of the molecule is CCOCC(=O)N(Cc1ccccc1F)[C@@H]1C=C(C(=O)NCCO)[C@@H]2c3cc(C=O)cc(OC)c3O[C@@H]2[C@H]1O. The molecule has 1 heterocycles. The van der Waals surface area contributed by atoms with Gasteiger partial charge in [-0.15, -0.1) is 0 Å². The van der Waals surface area contributed by atoms with Crippen molar-refractivity contribution in [1.29, 1.82) is 0 Å². The molecule has 39 heavy (non-hydrogen) atoms. The molecule has 0 bridgehead atoms. The molecule has 3 N–H and O–H groups in total. The molecule has 0 aromatic heterocycles. The molecule has 2 aliphatic rings. The average molecular weight is 543 g/mol. The van der Waals surface area contributed by atoms with Crippen molar-refractivity contribution >= 4 is 18.1 Å². The topological polar surface area (TPSA) is 135 Å². The van der Waals surface area contributed by atoms with Crippen molar-refractivity contribution in [1.82, 2.24) is 10.2 Å². The van der Waals surface area contributed by atoms with Crippen LogP contribution in [0.25, 0.3) is 0 Å². The van der Waals surface area contributed by atoms with Crippen molar-refractivity contribution in [2.75, 3.05) is 33.5 Å². The summed E-state index contributed by atoms with van der Waals surface area (Å²) in [5.41, 5.74) is 1.12. The minimum Gasteiger partial charge on any atom is -0.493 e. The predicted molar refractivity (Wildman–Crippen MR) is 137 cm³/mol. The van der Waals surface area contributed by atoms with Crippen molar-refractivity contribution < 1.29 is 43.2 Å². The van der Waals surface area contributed by atoms with Crippen molar-refractivity contribution in [3.8, 4) is 11.5 Å². The van der Waals surface area contributed by atoms with Crippen molar-refractivity contribution in [2.24, 2.45) is 0 Å². The van der Waals surface area contributed by atoms with Crippen LogP contribution in [0.15, 0.2) is 48.0 Å². The second-order valence-electron chi connectivity index (χ2n) is 9.15. The van der Waals surface area contributed by atoms with Crippen LogP contribution in [0.3, 0.4) is 0 Å². The van der Waals surface area contributed by atoms with E-state index < -0.39 is 41.8 Å². The molecule has 2 amide bonds. The number of hydrogen-bond donors (Lipinski definition) is 3. The lowest BCUT2D eigenvalue weighted by Gasteiger charge is -2.40. The Balaban J connectivity index is 1.82. The number of carbonyl (C=O) groups excluding carboxylic acids is 3. The van der Waals surface area contributed by atoms with E-state index in [2.05, 4.69) is 5.32 Å². The van der Waals surface area contributed by atoms with Crippen LogP contribution in [0, 0.1) is 5.82 Å². The molecule has 0 radical (unpaired) electrons. The summed E-state index contributed by atoms with van der Waals surface area (Å²) in [6.45, 7) is 1.13. The normalized spacial score (nSPS) is 21.2. The maximum atomic E-state index is 14.6. The van der Waals surface area contributed by atoms with Gasteiger partial charge in [0.2, 0.25) is 11.8 Å². The highest BCUT2D eigenvalue weighted by Gasteiger charge is 2.51. The maximum Gasteiger partial charge on any atom is 0.249 e. The number of aliphatic hydroxyl groups is 2. The highest BCUT2D eigenvalue weighted by Crippen LogP contribution is 2.51. The molecule has 0 unspecified atom stereocenters. The van der Waals surface area contributed by atoms with Crippen molar-refractivity contribution in [3.05, 3.63) is 70.6 Å². The van der Waals surface area contributed by atoms with Gasteiger partial charge < -0.3 is 34.6 Å². The first-order valence-corrected chi connectivity index (χ1v) is 12.6. The molecule has 4 rings (SSSR count). The number of aldehydes is 1. The Morgan fingerprint density at radius 3 is 2.69 bits per heavy atom. The fourth-order valence-electron chi connectivity index (χ4n) is 5.00. The first kappa shape index (κ1) is 28.2. The molecule has 1 aliphatic carbocycles. The number of nitrogens with one attached hydrogen (secondary N) is 1. The van der Waals surface area contributed by atoms with Crippen LogP contribution in [0.1, 0.15) is 34.3 Å². The van der Waals surface area contributed by atoms with E-state index in [0.29, 0.717) is 11.8 Å². The summed E-state index contributed by atoms with van der Waals surface area (Å²) >= 11 is 0. The molecule has 208 valence electrons. The third-order valence-electron chi connectivity index (χ3n) is 6.82. The zero-order valence-electron chi connectivity index (χ0n) is 21.6. The van der Waals surface area contributed by atoms with Gasteiger partial charge in [-0.1, -0.05) is 18.2 Å². The van der Waals surface area contributed by atoms with Crippen LogP contribution in [0.2, 0.25) is 0 Å². The molecule has 0 saturated carbocycles. The van der Waals surface area contributed by atoms with Gasteiger partial charge in [-0.2, -0.15) is 0 Å². The fourth-order valence-corrected chi connectivity index (χ4v) is 5.00. The third kappa shape index (κ3) is 5.65. The van der Waals surface area contributed by atoms with Crippen molar-refractivity contribution in [2.45, 2.75) is 37.6 Å². The highest BCUT2D eigenvalue weighted by atomic mass is 19.1. The number of benzene rings is 2. The summed E-state index contributed by atoms with van der Waals surface area (Å²) in [5, 5.41) is 23.5. The van der Waals surface area contributed by atoms with E-state index in [1.54, 1.807) is 19.1 Å². The quantitative estimate of drug-likeness (QED) is 0.362. The lowest BCUT2D eigenvalue weighted by molar-refractivity contribution is -0.142. The number of nitrogens with zero attached hydrogens (tertiary/aromatic N) is 1. The monoisotopic (exact) mass is 542 g/mol. The zero-order valence-corrected chi connectivity index (χ0v) is 21.6. The standard InChI is InChI=1S/C28H31FN2O8/c1-3-38-15-23(34)31(13-17-6-4-5-7-20(17)29)21-12-19(28(36)30-8-9-32)24-18-10-16(14-33)11-22(37-2)26(18)39-27(24)25(21)35/h4-7,10-12,14,21,24-25,27,32,35H,3,8-9,13,15H2,1-2H3,(H,30,36)/t21-,24+,25+,27+/m1/s1. The minimum atomic E-state index is -1.35. The Labute approximate surface area is 225 Å². The summed E-state index contributed by atoms with van der Waals surface area (Å²) in [7, 11) is 1.40. The van der Waals surface area contributed by atoms with Gasteiger partial charge in [-0.25, -0.2) is 4.39 Å². The lowest BCUT2D eigenvalue weighted by Crippen LogP contribution is -2.56. The van der Waals surface area contributed by atoms with Crippen molar-refractivity contribution in [3.63, 3.8) is 0 Å². The van der Waals surface area contributed by atoms with Crippen LogP contribution >= 0.6 is 0 Å². The molecule has 4 atom stereocenters. The molecule has 2 aromatic rings.